The Morgan fingerprint density at radius 1 is 1.42 bits per heavy atom. The highest BCUT2D eigenvalue weighted by Gasteiger charge is 2.30. The number of amides is 1. The number of thioether (sulfide) groups is 1. The van der Waals surface area contributed by atoms with Gasteiger partial charge in [0.05, 0.1) is 0 Å². The predicted molar refractivity (Wildman–Crippen MR) is 80.0 cm³/mol. The second kappa shape index (κ2) is 6.44. The van der Waals surface area contributed by atoms with Gasteiger partial charge in [-0.05, 0) is 42.7 Å². The van der Waals surface area contributed by atoms with Crippen molar-refractivity contribution in [2.75, 3.05) is 13.3 Å². The molecule has 1 aromatic carbocycles. The molecule has 2 rings (SSSR count). The largest absolute Gasteiger partial charge is 0.341 e. The van der Waals surface area contributed by atoms with Crippen LogP contribution in [0.25, 0.3) is 0 Å². The first-order chi connectivity index (χ1) is 9.10. The summed E-state index contributed by atoms with van der Waals surface area (Å²) < 4.78 is 0. The molecule has 0 aromatic heterocycles. The van der Waals surface area contributed by atoms with E-state index in [-0.39, 0.29) is 11.9 Å². The van der Waals surface area contributed by atoms with Crippen LogP contribution in [0.15, 0.2) is 29.2 Å². The molecule has 0 bridgehead atoms. The highest BCUT2D eigenvalue weighted by molar-refractivity contribution is 7.98. The summed E-state index contributed by atoms with van der Waals surface area (Å²) in [5.74, 6) is 0.728. The fraction of sp³-hybridized carbons (Fsp3) is 0.533. The van der Waals surface area contributed by atoms with Crippen molar-refractivity contribution in [1.82, 2.24) is 4.90 Å². The molecular weight excluding hydrogens is 256 g/mol. The van der Waals surface area contributed by atoms with Gasteiger partial charge in [0.25, 0.3) is 0 Å². The first kappa shape index (κ1) is 14.4. The van der Waals surface area contributed by atoms with Crippen LogP contribution in [0, 0.1) is 5.92 Å². The Labute approximate surface area is 119 Å². The van der Waals surface area contributed by atoms with Gasteiger partial charge in [0.2, 0.25) is 5.91 Å². The molecule has 0 heterocycles. The summed E-state index contributed by atoms with van der Waals surface area (Å²) in [6, 6.07) is 8.39. The van der Waals surface area contributed by atoms with Crippen molar-refractivity contribution in [2.24, 2.45) is 11.7 Å². The van der Waals surface area contributed by atoms with Crippen molar-refractivity contribution in [1.29, 1.82) is 0 Å². The van der Waals surface area contributed by atoms with Crippen molar-refractivity contribution >= 4 is 17.7 Å². The van der Waals surface area contributed by atoms with E-state index < -0.39 is 0 Å². The molecule has 0 aliphatic heterocycles. The Morgan fingerprint density at radius 2 is 2.05 bits per heavy atom. The molecule has 2 N–H and O–H groups in total. The van der Waals surface area contributed by atoms with Crippen LogP contribution in [0.4, 0.5) is 0 Å². The van der Waals surface area contributed by atoms with Gasteiger partial charge in [0, 0.05) is 31.0 Å². The lowest BCUT2D eigenvalue weighted by molar-refractivity contribution is -0.130. The molecule has 4 heteroatoms. The Bertz CT molecular complexity index is 428. The zero-order valence-electron chi connectivity index (χ0n) is 11.6. The number of nitrogens with two attached hydrogens (primary N) is 1. The molecule has 104 valence electrons. The third-order valence-corrected chi connectivity index (χ3v) is 4.39. The molecule has 1 atom stereocenters. The van der Waals surface area contributed by atoms with E-state index in [2.05, 4.69) is 30.5 Å². The molecule has 19 heavy (non-hydrogen) atoms. The predicted octanol–water partition coefficient (Wildman–Crippen LogP) is 2.49. The van der Waals surface area contributed by atoms with Gasteiger partial charge in [0.1, 0.15) is 0 Å². The molecular formula is C15H22N2OS. The van der Waals surface area contributed by atoms with E-state index in [4.69, 9.17) is 5.73 Å². The minimum atomic E-state index is 0.0498. The summed E-state index contributed by atoms with van der Waals surface area (Å²) in [5.41, 5.74) is 7.16. The standard InChI is InChI=1S/C15H22N2OS/c1-17(15(18)9-14(16)12-5-6-12)10-11-3-7-13(19-2)8-4-11/h3-4,7-8,12,14H,5-6,9-10,16H2,1-2H3. The lowest BCUT2D eigenvalue weighted by Gasteiger charge is -2.19. The molecule has 0 spiro atoms. The Morgan fingerprint density at radius 3 is 2.58 bits per heavy atom. The topological polar surface area (TPSA) is 46.3 Å². The van der Waals surface area contributed by atoms with Crippen molar-refractivity contribution in [2.45, 2.75) is 36.7 Å². The average Bonchev–Trinajstić information content (AvgIpc) is 3.23. The van der Waals surface area contributed by atoms with Gasteiger partial charge in [-0.2, -0.15) is 0 Å². The highest BCUT2D eigenvalue weighted by Crippen LogP contribution is 2.33. The van der Waals surface area contributed by atoms with Gasteiger partial charge in [0.15, 0.2) is 0 Å². The van der Waals surface area contributed by atoms with Crippen LogP contribution in [0.3, 0.4) is 0 Å². The van der Waals surface area contributed by atoms with Crippen LogP contribution in [0.1, 0.15) is 24.8 Å². The summed E-state index contributed by atoms with van der Waals surface area (Å²) in [6.07, 6.45) is 4.91. The van der Waals surface area contributed by atoms with E-state index in [0.29, 0.717) is 18.9 Å². The maximum absolute atomic E-state index is 12.1. The lowest BCUT2D eigenvalue weighted by Crippen LogP contribution is -2.34. The Hall–Kier alpha value is -1.00. The zero-order chi connectivity index (χ0) is 13.8. The van der Waals surface area contributed by atoms with Gasteiger partial charge in [-0.1, -0.05) is 12.1 Å². The van der Waals surface area contributed by atoms with E-state index in [9.17, 15) is 4.79 Å². The molecule has 1 aliphatic carbocycles. The van der Waals surface area contributed by atoms with Crippen molar-refractivity contribution in [3.05, 3.63) is 29.8 Å². The van der Waals surface area contributed by atoms with Gasteiger partial charge in [-0.3, -0.25) is 4.79 Å². The Balaban J connectivity index is 1.84. The van der Waals surface area contributed by atoms with Gasteiger partial charge in [-0.25, -0.2) is 0 Å². The van der Waals surface area contributed by atoms with E-state index >= 15 is 0 Å². The number of benzene rings is 1. The van der Waals surface area contributed by atoms with Crippen LogP contribution in [-0.4, -0.2) is 30.2 Å². The average molecular weight is 278 g/mol. The molecule has 1 saturated carbocycles. The quantitative estimate of drug-likeness (QED) is 0.813. The fourth-order valence-electron chi connectivity index (χ4n) is 2.14. The fourth-order valence-corrected chi connectivity index (χ4v) is 2.55. The van der Waals surface area contributed by atoms with Crippen LogP contribution >= 0.6 is 11.8 Å². The molecule has 3 nitrogen and oxygen atoms in total. The van der Waals surface area contributed by atoms with Crippen molar-refractivity contribution < 1.29 is 4.79 Å². The molecule has 1 aromatic rings. The van der Waals surface area contributed by atoms with E-state index in [1.54, 1.807) is 16.7 Å². The number of carbonyl (C=O) groups excluding carboxylic acids is 1. The number of hydrogen-bond acceptors (Lipinski definition) is 3. The summed E-state index contributed by atoms with van der Waals surface area (Å²) in [5, 5.41) is 0. The van der Waals surface area contributed by atoms with Crippen molar-refractivity contribution in [3.63, 3.8) is 0 Å². The number of hydrogen-bond donors (Lipinski definition) is 1. The summed E-state index contributed by atoms with van der Waals surface area (Å²) in [7, 11) is 1.85. The zero-order valence-corrected chi connectivity index (χ0v) is 12.5. The first-order valence-electron chi connectivity index (χ1n) is 6.72. The first-order valence-corrected chi connectivity index (χ1v) is 7.95. The maximum atomic E-state index is 12.1. The van der Waals surface area contributed by atoms with E-state index in [0.717, 1.165) is 5.56 Å². The lowest BCUT2D eigenvalue weighted by atomic mass is 10.1. The highest BCUT2D eigenvalue weighted by atomic mass is 32.2. The van der Waals surface area contributed by atoms with Gasteiger partial charge in [-0.15, -0.1) is 11.8 Å². The van der Waals surface area contributed by atoms with Gasteiger partial charge >= 0.3 is 0 Å². The van der Waals surface area contributed by atoms with Crippen LogP contribution in [-0.2, 0) is 11.3 Å². The molecule has 0 saturated heterocycles. The van der Waals surface area contributed by atoms with E-state index in [1.807, 2.05) is 7.05 Å². The second-order valence-corrected chi connectivity index (χ2v) is 6.18. The number of rotatable bonds is 6. The third kappa shape index (κ3) is 4.25. The number of nitrogens with zero attached hydrogens (tertiary/aromatic N) is 1. The van der Waals surface area contributed by atoms with Crippen molar-refractivity contribution in [3.8, 4) is 0 Å². The number of carbonyl (C=O) groups is 1. The van der Waals surface area contributed by atoms with Crippen LogP contribution < -0.4 is 5.73 Å². The Kier molecular flexibility index (Phi) is 4.88. The molecule has 1 unspecified atom stereocenters. The monoisotopic (exact) mass is 278 g/mol. The molecule has 0 radical (unpaired) electrons. The minimum absolute atomic E-state index is 0.0498. The maximum Gasteiger partial charge on any atom is 0.224 e. The normalized spacial score (nSPS) is 16.2. The van der Waals surface area contributed by atoms with Crippen LogP contribution in [0.5, 0.6) is 0 Å². The molecule has 1 aliphatic rings. The smallest absolute Gasteiger partial charge is 0.224 e. The minimum Gasteiger partial charge on any atom is -0.341 e. The van der Waals surface area contributed by atoms with Gasteiger partial charge < -0.3 is 10.6 Å². The molecule has 1 amide bonds. The summed E-state index contributed by atoms with van der Waals surface area (Å²) >= 11 is 1.72. The molecule has 1 fully saturated rings. The second-order valence-electron chi connectivity index (χ2n) is 5.30. The SMILES string of the molecule is CSc1ccc(CN(C)C(=O)CC(N)C2CC2)cc1. The third-order valence-electron chi connectivity index (χ3n) is 3.64. The summed E-state index contributed by atoms with van der Waals surface area (Å²) in [4.78, 5) is 15.1. The van der Waals surface area contributed by atoms with Crippen LogP contribution in [0.2, 0.25) is 0 Å². The van der Waals surface area contributed by atoms with E-state index in [1.165, 1.54) is 17.7 Å². The summed E-state index contributed by atoms with van der Waals surface area (Å²) in [6.45, 7) is 0.658.